The van der Waals surface area contributed by atoms with Gasteiger partial charge in [0.15, 0.2) is 0 Å². The summed E-state index contributed by atoms with van der Waals surface area (Å²) in [5, 5.41) is 11.5. The second kappa shape index (κ2) is 7.87. The molecule has 0 aliphatic heterocycles. The fraction of sp³-hybridized carbons (Fsp3) is 0.333. The predicted molar refractivity (Wildman–Crippen MR) is 91.1 cm³/mol. The van der Waals surface area contributed by atoms with Crippen molar-refractivity contribution in [3.8, 4) is 11.6 Å². The SMILES string of the molecule is CCCCN(C)c1ncnc(Oc2ccc(Br)cc2)c1[N+](=O)[O-]. The molecule has 0 atom stereocenters. The molecular formula is C15H17BrN4O3. The third-order valence-electron chi connectivity index (χ3n) is 3.19. The average molecular weight is 381 g/mol. The molecule has 0 unspecified atom stereocenters. The van der Waals surface area contributed by atoms with Crippen LogP contribution in [-0.2, 0) is 0 Å². The number of nitro groups is 1. The first-order valence-electron chi connectivity index (χ1n) is 7.17. The number of unbranched alkanes of at least 4 members (excludes halogenated alkanes) is 1. The highest BCUT2D eigenvalue weighted by Gasteiger charge is 2.27. The van der Waals surface area contributed by atoms with E-state index in [9.17, 15) is 10.1 Å². The van der Waals surface area contributed by atoms with Crippen LogP contribution in [0.4, 0.5) is 11.5 Å². The maximum atomic E-state index is 11.5. The van der Waals surface area contributed by atoms with Crippen molar-refractivity contribution in [3.63, 3.8) is 0 Å². The van der Waals surface area contributed by atoms with Gasteiger partial charge in [0.1, 0.15) is 12.1 Å². The topological polar surface area (TPSA) is 81.4 Å². The lowest BCUT2D eigenvalue weighted by Gasteiger charge is -2.18. The average Bonchev–Trinajstić information content (AvgIpc) is 2.54. The number of hydrogen-bond acceptors (Lipinski definition) is 6. The molecule has 0 radical (unpaired) electrons. The third-order valence-corrected chi connectivity index (χ3v) is 3.72. The minimum absolute atomic E-state index is 0.0642. The summed E-state index contributed by atoms with van der Waals surface area (Å²) in [6, 6.07) is 6.99. The zero-order valence-corrected chi connectivity index (χ0v) is 14.5. The monoisotopic (exact) mass is 380 g/mol. The molecule has 1 aromatic heterocycles. The number of anilines is 1. The van der Waals surface area contributed by atoms with Gasteiger partial charge in [0, 0.05) is 18.1 Å². The van der Waals surface area contributed by atoms with Crippen molar-refractivity contribution in [3.05, 3.63) is 45.2 Å². The highest BCUT2D eigenvalue weighted by atomic mass is 79.9. The maximum Gasteiger partial charge on any atom is 0.373 e. The number of halogens is 1. The quantitative estimate of drug-likeness (QED) is 0.529. The number of aromatic nitrogens is 2. The first-order chi connectivity index (χ1) is 11.0. The normalized spacial score (nSPS) is 10.4. The molecule has 0 amide bonds. The van der Waals surface area contributed by atoms with E-state index >= 15 is 0 Å². The van der Waals surface area contributed by atoms with Crippen LogP contribution in [0.2, 0.25) is 0 Å². The number of rotatable bonds is 7. The van der Waals surface area contributed by atoms with Gasteiger partial charge in [-0.25, -0.2) is 4.98 Å². The Labute approximate surface area is 142 Å². The minimum atomic E-state index is -0.508. The van der Waals surface area contributed by atoms with E-state index in [1.165, 1.54) is 6.33 Å². The van der Waals surface area contributed by atoms with Crippen LogP contribution in [-0.4, -0.2) is 28.5 Å². The first-order valence-corrected chi connectivity index (χ1v) is 7.96. The van der Waals surface area contributed by atoms with Gasteiger partial charge in [0.25, 0.3) is 0 Å². The fourth-order valence-corrected chi connectivity index (χ4v) is 2.25. The molecule has 0 saturated heterocycles. The molecular weight excluding hydrogens is 364 g/mol. The van der Waals surface area contributed by atoms with E-state index in [0.717, 1.165) is 17.3 Å². The van der Waals surface area contributed by atoms with E-state index < -0.39 is 4.92 Å². The van der Waals surface area contributed by atoms with Gasteiger partial charge < -0.3 is 9.64 Å². The Hall–Kier alpha value is -2.22. The van der Waals surface area contributed by atoms with Crippen LogP contribution in [0.3, 0.4) is 0 Å². The summed E-state index contributed by atoms with van der Waals surface area (Å²) in [4.78, 5) is 20.7. The molecule has 8 heteroatoms. The van der Waals surface area contributed by atoms with Crippen LogP contribution in [0, 0.1) is 10.1 Å². The number of ether oxygens (including phenoxy) is 1. The Kier molecular flexibility index (Phi) is 5.86. The molecule has 2 aromatic rings. The largest absolute Gasteiger partial charge is 0.434 e. The second-order valence-electron chi connectivity index (χ2n) is 4.94. The molecule has 7 nitrogen and oxygen atoms in total. The Balaban J connectivity index is 2.35. The van der Waals surface area contributed by atoms with Crippen LogP contribution in [0.25, 0.3) is 0 Å². The molecule has 1 heterocycles. The van der Waals surface area contributed by atoms with E-state index in [4.69, 9.17) is 4.74 Å². The van der Waals surface area contributed by atoms with Gasteiger partial charge in [0.2, 0.25) is 5.82 Å². The zero-order chi connectivity index (χ0) is 16.8. The Morgan fingerprint density at radius 1 is 1.30 bits per heavy atom. The summed E-state index contributed by atoms with van der Waals surface area (Å²) >= 11 is 3.33. The summed E-state index contributed by atoms with van der Waals surface area (Å²) < 4.78 is 6.47. The number of nitrogens with zero attached hydrogens (tertiary/aromatic N) is 4. The maximum absolute atomic E-state index is 11.5. The highest BCUT2D eigenvalue weighted by Crippen LogP contribution is 2.35. The molecule has 0 aliphatic carbocycles. The Morgan fingerprint density at radius 2 is 2.00 bits per heavy atom. The van der Waals surface area contributed by atoms with Crippen LogP contribution in [0.5, 0.6) is 11.6 Å². The van der Waals surface area contributed by atoms with Crippen molar-refractivity contribution < 1.29 is 9.66 Å². The van der Waals surface area contributed by atoms with Crippen molar-refractivity contribution in [2.24, 2.45) is 0 Å². The first kappa shape index (κ1) is 17.1. The van der Waals surface area contributed by atoms with Crippen molar-refractivity contribution in [2.45, 2.75) is 19.8 Å². The fourth-order valence-electron chi connectivity index (χ4n) is 1.98. The summed E-state index contributed by atoms with van der Waals surface area (Å²) in [7, 11) is 1.77. The van der Waals surface area contributed by atoms with Gasteiger partial charge in [-0.05, 0) is 30.7 Å². The van der Waals surface area contributed by atoms with Gasteiger partial charge in [0.05, 0.1) is 4.92 Å². The molecule has 0 spiro atoms. The van der Waals surface area contributed by atoms with E-state index in [0.29, 0.717) is 12.3 Å². The predicted octanol–water partition coefficient (Wildman–Crippen LogP) is 4.18. The van der Waals surface area contributed by atoms with Crippen LogP contribution in [0.1, 0.15) is 19.8 Å². The molecule has 0 bridgehead atoms. The lowest BCUT2D eigenvalue weighted by molar-refractivity contribution is -0.385. The minimum Gasteiger partial charge on any atom is -0.434 e. The van der Waals surface area contributed by atoms with Gasteiger partial charge >= 0.3 is 11.6 Å². The lowest BCUT2D eigenvalue weighted by atomic mass is 10.3. The Morgan fingerprint density at radius 3 is 2.61 bits per heavy atom. The van der Waals surface area contributed by atoms with E-state index in [-0.39, 0.29) is 17.4 Å². The van der Waals surface area contributed by atoms with Crippen LogP contribution in [0.15, 0.2) is 35.1 Å². The van der Waals surface area contributed by atoms with E-state index in [1.807, 2.05) is 0 Å². The van der Waals surface area contributed by atoms with Gasteiger partial charge in [-0.1, -0.05) is 29.3 Å². The molecule has 23 heavy (non-hydrogen) atoms. The molecule has 0 aliphatic rings. The van der Waals surface area contributed by atoms with Gasteiger partial charge in [-0.3, -0.25) is 10.1 Å². The number of benzene rings is 1. The van der Waals surface area contributed by atoms with Crippen molar-refractivity contribution >= 4 is 27.4 Å². The van der Waals surface area contributed by atoms with E-state index in [1.54, 1.807) is 36.2 Å². The third kappa shape index (κ3) is 4.38. The summed E-state index contributed by atoms with van der Waals surface area (Å²) in [5.41, 5.74) is -0.228. The van der Waals surface area contributed by atoms with Gasteiger partial charge in [-0.2, -0.15) is 4.98 Å². The van der Waals surface area contributed by atoms with Crippen LogP contribution >= 0.6 is 15.9 Å². The van der Waals surface area contributed by atoms with Crippen LogP contribution < -0.4 is 9.64 Å². The standard InChI is InChI=1S/C15H17BrN4O3/c1-3-4-9-19(2)14-13(20(21)22)15(18-10-17-14)23-12-7-5-11(16)6-8-12/h5-8,10H,3-4,9H2,1-2H3. The molecule has 0 saturated carbocycles. The zero-order valence-electron chi connectivity index (χ0n) is 12.9. The van der Waals surface area contributed by atoms with Crippen molar-refractivity contribution in [1.82, 2.24) is 9.97 Å². The summed E-state index contributed by atoms with van der Waals surface area (Å²) in [6.45, 7) is 2.73. The van der Waals surface area contributed by atoms with E-state index in [2.05, 4.69) is 32.8 Å². The smallest absolute Gasteiger partial charge is 0.373 e. The number of hydrogen-bond donors (Lipinski definition) is 0. The molecule has 122 valence electrons. The van der Waals surface area contributed by atoms with Crippen molar-refractivity contribution in [2.75, 3.05) is 18.5 Å². The second-order valence-corrected chi connectivity index (χ2v) is 5.85. The molecule has 1 aromatic carbocycles. The Bertz CT molecular complexity index is 679. The highest BCUT2D eigenvalue weighted by molar-refractivity contribution is 9.10. The van der Waals surface area contributed by atoms with Gasteiger partial charge in [-0.15, -0.1) is 0 Å². The van der Waals surface area contributed by atoms with Crippen molar-refractivity contribution in [1.29, 1.82) is 0 Å². The molecule has 0 N–H and O–H groups in total. The molecule has 0 fully saturated rings. The summed E-state index contributed by atoms with van der Waals surface area (Å²) in [5.74, 6) is 0.661. The molecule has 2 rings (SSSR count). The lowest BCUT2D eigenvalue weighted by Crippen LogP contribution is -2.21. The summed E-state index contributed by atoms with van der Waals surface area (Å²) in [6.07, 6.45) is 3.19.